The summed E-state index contributed by atoms with van der Waals surface area (Å²) < 4.78 is 12.3. The Balaban J connectivity index is 1.77. The molecule has 112 valence electrons. The normalized spacial score (nSPS) is 15.1. The second-order valence-corrected chi connectivity index (χ2v) is 5.03. The minimum absolute atomic E-state index is 0.193. The fourth-order valence-corrected chi connectivity index (χ4v) is 2.41. The van der Waals surface area contributed by atoms with Crippen LogP contribution in [0.1, 0.15) is 11.4 Å². The lowest BCUT2D eigenvalue weighted by atomic mass is 10.2. The van der Waals surface area contributed by atoms with Crippen LogP contribution in [0.25, 0.3) is 0 Å². The smallest absolute Gasteiger partial charge is 0.343 e. The van der Waals surface area contributed by atoms with E-state index in [1.807, 2.05) is 18.2 Å². The van der Waals surface area contributed by atoms with Gasteiger partial charge in [0.2, 0.25) is 0 Å². The molecule has 2 aromatic rings. The van der Waals surface area contributed by atoms with Gasteiger partial charge in [0.05, 0.1) is 13.7 Å². The third-order valence-electron chi connectivity index (χ3n) is 3.52. The Morgan fingerprint density at radius 3 is 3.05 bits per heavy atom. The van der Waals surface area contributed by atoms with E-state index in [0.717, 1.165) is 30.2 Å². The lowest BCUT2D eigenvalue weighted by Crippen LogP contribution is -2.26. The molecule has 2 heterocycles. The van der Waals surface area contributed by atoms with Crippen LogP contribution in [0, 0.1) is 0 Å². The van der Waals surface area contributed by atoms with Gasteiger partial charge in [0, 0.05) is 31.8 Å². The predicted molar refractivity (Wildman–Crippen MR) is 76.4 cm³/mol. The summed E-state index contributed by atoms with van der Waals surface area (Å²) in [6.45, 7) is 2.70. The van der Waals surface area contributed by atoms with Gasteiger partial charge in [-0.15, -0.1) is 0 Å². The quantitative estimate of drug-likeness (QED) is 0.892. The highest BCUT2D eigenvalue weighted by molar-refractivity contribution is 5.41. The van der Waals surface area contributed by atoms with Gasteiger partial charge in [-0.05, 0) is 6.07 Å². The highest BCUT2D eigenvalue weighted by Crippen LogP contribution is 2.28. The molecule has 0 fully saturated rings. The summed E-state index contributed by atoms with van der Waals surface area (Å²) in [5.41, 5.74) is 0.910. The van der Waals surface area contributed by atoms with Crippen LogP contribution in [0.4, 0.5) is 0 Å². The van der Waals surface area contributed by atoms with Gasteiger partial charge in [0.1, 0.15) is 23.9 Å². The molecule has 0 atom stereocenters. The van der Waals surface area contributed by atoms with Crippen molar-refractivity contribution in [3.05, 3.63) is 40.1 Å². The molecule has 0 radical (unpaired) electrons. The molecule has 21 heavy (non-hydrogen) atoms. The first-order valence-corrected chi connectivity index (χ1v) is 6.80. The first kappa shape index (κ1) is 13.7. The lowest BCUT2D eigenvalue weighted by Gasteiger charge is -2.17. The molecule has 7 heteroatoms. The van der Waals surface area contributed by atoms with Gasteiger partial charge >= 0.3 is 5.69 Å². The van der Waals surface area contributed by atoms with Crippen LogP contribution in [-0.2, 0) is 20.1 Å². The molecule has 1 N–H and O–H groups in total. The Labute approximate surface area is 122 Å². The Hall–Kier alpha value is -2.28. The van der Waals surface area contributed by atoms with Gasteiger partial charge in [0.25, 0.3) is 0 Å². The minimum Gasteiger partial charge on any atom is -0.497 e. The molecule has 0 amide bonds. The van der Waals surface area contributed by atoms with Crippen LogP contribution in [0.2, 0.25) is 0 Å². The van der Waals surface area contributed by atoms with Crippen molar-refractivity contribution < 1.29 is 9.47 Å². The summed E-state index contributed by atoms with van der Waals surface area (Å²) in [7, 11) is 3.28. The highest BCUT2D eigenvalue weighted by Gasteiger charge is 2.17. The van der Waals surface area contributed by atoms with E-state index in [2.05, 4.69) is 15.0 Å². The van der Waals surface area contributed by atoms with Crippen LogP contribution in [0.15, 0.2) is 23.0 Å². The summed E-state index contributed by atoms with van der Waals surface area (Å²) in [4.78, 5) is 16.3. The van der Waals surface area contributed by atoms with E-state index in [-0.39, 0.29) is 5.69 Å². The third kappa shape index (κ3) is 2.92. The molecule has 1 aromatic carbocycles. The molecule has 0 aliphatic carbocycles. The van der Waals surface area contributed by atoms with Crippen molar-refractivity contribution in [2.24, 2.45) is 7.05 Å². The fourth-order valence-electron chi connectivity index (χ4n) is 2.41. The number of rotatable bonds is 3. The molecule has 0 saturated carbocycles. The number of hydrogen-bond donors (Lipinski definition) is 1. The van der Waals surface area contributed by atoms with Crippen molar-refractivity contribution in [3.63, 3.8) is 0 Å². The van der Waals surface area contributed by atoms with Crippen molar-refractivity contribution in [1.82, 2.24) is 19.7 Å². The average molecular weight is 290 g/mol. The third-order valence-corrected chi connectivity index (χ3v) is 3.52. The zero-order valence-corrected chi connectivity index (χ0v) is 12.1. The minimum atomic E-state index is -0.193. The van der Waals surface area contributed by atoms with Crippen LogP contribution >= 0.6 is 0 Å². The largest absolute Gasteiger partial charge is 0.497 e. The van der Waals surface area contributed by atoms with Crippen LogP contribution < -0.4 is 15.2 Å². The number of benzene rings is 1. The number of aromatic amines is 1. The van der Waals surface area contributed by atoms with E-state index < -0.39 is 0 Å². The van der Waals surface area contributed by atoms with Gasteiger partial charge in [-0.25, -0.2) is 9.48 Å². The van der Waals surface area contributed by atoms with Crippen LogP contribution in [-0.4, -0.2) is 39.9 Å². The number of nitrogens with zero attached hydrogens (tertiary/aromatic N) is 3. The van der Waals surface area contributed by atoms with E-state index in [4.69, 9.17) is 9.47 Å². The molecule has 3 rings (SSSR count). The van der Waals surface area contributed by atoms with Crippen LogP contribution in [0.3, 0.4) is 0 Å². The van der Waals surface area contributed by atoms with Gasteiger partial charge in [-0.1, -0.05) is 6.07 Å². The number of hydrogen-bond acceptors (Lipinski definition) is 5. The molecule has 0 saturated heterocycles. The predicted octanol–water partition coefficient (Wildman–Crippen LogP) is 0.512. The molecular weight excluding hydrogens is 272 g/mol. The Kier molecular flexibility index (Phi) is 3.66. The van der Waals surface area contributed by atoms with Crippen molar-refractivity contribution >= 4 is 0 Å². The first-order valence-electron chi connectivity index (χ1n) is 6.80. The van der Waals surface area contributed by atoms with Gasteiger partial charge in [-0.2, -0.15) is 5.10 Å². The average Bonchev–Trinajstić information content (AvgIpc) is 2.68. The number of H-pyrrole nitrogens is 1. The van der Waals surface area contributed by atoms with Crippen molar-refractivity contribution in [1.29, 1.82) is 0 Å². The van der Waals surface area contributed by atoms with Crippen molar-refractivity contribution in [2.45, 2.75) is 13.1 Å². The maximum absolute atomic E-state index is 11.4. The molecular formula is C14H18N4O3. The van der Waals surface area contributed by atoms with Crippen molar-refractivity contribution in [3.8, 4) is 11.5 Å². The van der Waals surface area contributed by atoms with E-state index in [1.54, 1.807) is 14.2 Å². The summed E-state index contributed by atoms with van der Waals surface area (Å²) in [6, 6.07) is 5.84. The van der Waals surface area contributed by atoms with Crippen molar-refractivity contribution in [2.75, 3.05) is 20.3 Å². The van der Waals surface area contributed by atoms with E-state index in [1.165, 1.54) is 4.68 Å². The van der Waals surface area contributed by atoms with Gasteiger partial charge < -0.3 is 9.47 Å². The number of aryl methyl sites for hydroxylation is 1. The second-order valence-electron chi connectivity index (χ2n) is 5.03. The zero-order chi connectivity index (χ0) is 14.8. The molecule has 0 bridgehead atoms. The molecule has 0 spiro atoms. The lowest BCUT2D eigenvalue weighted by molar-refractivity contribution is 0.215. The second kappa shape index (κ2) is 5.61. The number of methoxy groups -OCH3 is 1. The van der Waals surface area contributed by atoms with E-state index in [9.17, 15) is 4.79 Å². The maximum atomic E-state index is 11.4. The Bertz CT molecular complexity index is 692. The Morgan fingerprint density at radius 2 is 2.33 bits per heavy atom. The number of ether oxygens (including phenoxy) is 2. The number of aromatic nitrogens is 3. The highest BCUT2D eigenvalue weighted by atomic mass is 16.5. The summed E-state index contributed by atoms with van der Waals surface area (Å²) in [5.74, 6) is 2.31. The summed E-state index contributed by atoms with van der Waals surface area (Å²) in [6.07, 6.45) is 0. The molecule has 1 aliphatic heterocycles. The van der Waals surface area contributed by atoms with Gasteiger partial charge in [-0.3, -0.25) is 9.88 Å². The van der Waals surface area contributed by atoms with Gasteiger partial charge in [0.15, 0.2) is 0 Å². The SMILES string of the molecule is COc1ccc2c(c1)OCCN(Cc1nn(C)c(=O)[nH]1)C2. The zero-order valence-electron chi connectivity index (χ0n) is 12.1. The van der Waals surface area contributed by atoms with E-state index >= 15 is 0 Å². The number of nitrogens with one attached hydrogen (secondary N) is 1. The molecule has 0 unspecified atom stereocenters. The molecule has 1 aromatic heterocycles. The fraction of sp³-hybridized carbons (Fsp3) is 0.429. The maximum Gasteiger partial charge on any atom is 0.343 e. The number of fused-ring (bicyclic) bond motifs is 1. The first-order chi connectivity index (χ1) is 10.2. The summed E-state index contributed by atoms with van der Waals surface area (Å²) in [5, 5.41) is 4.16. The monoisotopic (exact) mass is 290 g/mol. The topological polar surface area (TPSA) is 72.4 Å². The molecule has 1 aliphatic rings. The summed E-state index contributed by atoms with van der Waals surface area (Å²) >= 11 is 0. The van der Waals surface area contributed by atoms with E-state index in [0.29, 0.717) is 19.0 Å². The van der Waals surface area contributed by atoms with Crippen LogP contribution in [0.5, 0.6) is 11.5 Å². The Morgan fingerprint density at radius 1 is 1.48 bits per heavy atom. The standard InChI is InChI=1S/C14H18N4O3/c1-17-14(19)15-13(16-17)9-18-5-6-21-12-7-11(20-2)4-3-10(12)8-18/h3-4,7H,5-6,8-9H2,1-2H3,(H,15,16,19). The molecule has 7 nitrogen and oxygen atoms in total.